The molecule has 1 amide bonds. The van der Waals surface area contributed by atoms with Crippen LogP contribution in [-0.4, -0.2) is 32.0 Å². The van der Waals surface area contributed by atoms with Crippen molar-refractivity contribution >= 4 is 17.1 Å². The molecule has 4 nitrogen and oxygen atoms in total. The van der Waals surface area contributed by atoms with Gasteiger partial charge in [0.15, 0.2) is 0 Å². The van der Waals surface area contributed by atoms with Gasteiger partial charge in [-0.25, -0.2) is 13.3 Å². The van der Waals surface area contributed by atoms with Gasteiger partial charge in [-0.2, -0.15) is 0 Å². The number of ether oxygens (including phenoxy) is 1. The molecule has 1 aliphatic rings. The molecule has 19 heavy (non-hydrogen) atoms. The molecule has 0 N–H and O–H groups in total. The molecule has 0 spiro atoms. The maximum atomic E-state index is 12.4. The molecule has 2 rings (SSSR count). The molecule has 1 aromatic carbocycles. The third-order valence-electron chi connectivity index (χ3n) is 2.93. The maximum absolute atomic E-state index is 12.4. The Kier molecular flexibility index (Phi) is 3.94. The van der Waals surface area contributed by atoms with E-state index < -0.39 is 21.8 Å². The van der Waals surface area contributed by atoms with Crippen LogP contribution in [0.5, 0.6) is 0 Å². The fraction of sp³-hybridized carbons (Fsp3) is 0.500. The lowest BCUT2D eigenvalue weighted by molar-refractivity contribution is 0.170. The van der Waals surface area contributed by atoms with Gasteiger partial charge in [0.2, 0.25) is 0 Å². The van der Waals surface area contributed by atoms with Gasteiger partial charge in [-0.1, -0.05) is 30.3 Å². The molecule has 0 bridgehead atoms. The Balaban J connectivity index is 2.16. The molecular formula is C14H19NO3S. The van der Waals surface area contributed by atoms with E-state index in [2.05, 4.69) is 0 Å². The second-order valence-electron chi connectivity index (χ2n) is 5.61. The van der Waals surface area contributed by atoms with Crippen molar-refractivity contribution in [3.63, 3.8) is 0 Å². The second kappa shape index (κ2) is 5.33. The predicted octanol–water partition coefficient (Wildman–Crippen LogP) is 2.51. The lowest BCUT2D eigenvalue weighted by atomic mass is 10.1. The van der Waals surface area contributed by atoms with Crippen molar-refractivity contribution < 1.29 is 13.7 Å². The average molecular weight is 281 g/mol. The van der Waals surface area contributed by atoms with Crippen LogP contribution in [0.25, 0.3) is 0 Å². The van der Waals surface area contributed by atoms with Crippen molar-refractivity contribution in [3.8, 4) is 0 Å². The Hall–Kier alpha value is -1.36. The minimum absolute atomic E-state index is 0.157. The average Bonchev–Trinajstić information content (AvgIpc) is 2.70. The highest BCUT2D eigenvalue weighted by Gasteiger charge is 2.41. The van der Waals surface area contributed by atoms with Gasteiger partial charge in [0, 0.05) is 0 Å². The second-order valence-corrected chi connectivity index (χ2v) is 7.72. The van der Waals surface area contributed by atoms with Gasteiger partial charge in [0.25, 0.3) is 0 Å². The summed E-state index contributed by atoms with van der Waals surface area (Å²) in [4.78, 5) is 11.8. The molecule has 0 unspecified atom stereocenters. The number of carbonyl (C=O) groups is 1. The first-order valence-electron chi connectivity index (χ1n) is 6.31. The van der Waals surface area contributed by atoms with Gasteiger partial charge < -0.3 is 4.74 Å². The van der Waals surface area contributed by atoms with Crippen LogP contribution in [0.4, 0.5) is 4.79 Å². The smallest absolute Gasteiger partial charge is 0.422 e. The number of hydrogen-bond donors (Lipinski definition) is 0. The van der Waals surface area contributed by atoms with E-state index >= 15 is 0 Å². The summed E-state index contributed by atoms with van der Waals surface area (Å²) in [7, 11) is -1.39. The third-order valence-corrected chi connectivity index (χ3v) is 4.78. The Morgan fingerprint density at radius 2 is 1.95 bits per heavy atom. The summed E-state index contributed by atoms with van der Waals surface area (Å²) in [5, 5.41) is 0. The van der Waals surface area contributed by atoms with Crippen LogP contribution in [0.15, 0.2) is 30.3 Å². The first kappa shape index (κ1) is 14.1. The summed E-state index contributed by atoms with van der Waals surface area (Å²) in [6.45, 7) is 5.87. The fourth-order valence-electron chi connectivity index (χ4n) is 1.97. The van der Waals surface area contributed by atoms with Gasteiger partial charge in [-0.15, -0.1) is 0 Å². The van der Waals surface area contributed by atoms with Crippen LogP contribution < -0.4 is 0 Å². The predicted molar refractivity (Wildman–Crippen MR) is 75.0 cm³/mol. The minimum Gasteiger partial charge on any atom is -0.446 e. The Labute approximate surface area is 116 Å². The van der Waals surface area contributed by atoms with E-state index in [0.717, 1.165) is 5.56 Å². The minimum atomic E-state index is -1.39. The van der Waals surface area contributed by atoms with Crippen molar-refractivity contribution in [1.29, 1.82) is 0 Å². The van der Waals surface area contributed by atoms with E-state index in [1.54, 1.807) is 0 Å². The highest BCUT2D eigenvalue weighted by molar-refractivity contribution is 7.84. The van der Waals surface area contributed by atoms with Crippen LogP contribution in [0.2, 0.25) is 0 Å². The Morgan fingerprint density at radius 1 is 1.32 bits per heavy atom. The van der Waals surface area contributed by atoms with E-state index in [1.165, 1.54) is 4.31 Å². The van der Waals surface area contributed by atoms with E-state index in [4.69, 9.17) is 4.74 Å². The van der Waals surface area contributed by atoms with Gasteiger partial charge in [-0.3, -0.25) is 0 Å². The Morgan fingerprint density at radius 3 is 2.53 bits per heavy atom. The molecular weight excluding hydrogens is 262 g/mol. The van der Waals surface area contributed by atoms with Gasteiger partial charge in [-0.05, 0) is 32.8 Å². The van der Waals surface area contributed by atoms with E-state index in [-0.39, 0.29) is 6.04 Å². The van der Waals surface area contributed by atoms with Crippen LogP contribution >= 0.6 is 0 Å². The number of nitrogens with zero attached hydrogens (tertiary/aromatic N) is 1. The summed E-state index contributed by atoms with van der Waals surface area (Å²) in [6.07, 6.45) is 0.184. The SMILES string of the molecule is CC(C)(C)[S@](=O)N1C(=O)OC[C@@H]1Cc1ccccc1. The summed E-state index contributed by atoms with van der Waals surface area (Å²) in [6, 6.07) is 9.71. The largest absolute Gasteiger partial charge is 0.446 e. The molecule has 1 aliphatic heterocycles. The molecule has 104 valence electrons. The van der Waals surface area contributed by atoms with Crippen molar-refractivity contribution in [2.75, 3.05) is 6.61 Å². The standard InChI is InChI=1S/C14H19NO3S/c1-14(2,3)19(17)15-12(10-18-13(15)16)9-11-7-5-4-6-8-11/h4-8,12H,9-10H2,1-3H3/t12-,19-/m0/s1. The molecule has 0 aromatic heterocycles. The first-order valence-corrected chi connectivity index (χ1v) is 7.42. The first-order chi connectivity index (χ1) is 8.89. The summed E-state index contributed by atoms with van der Waals surface area (Å²) < 4.78 is 18.4. The summed E-state index contributed by atoms with van der Waals surface area (Å²) in [5.41, 5.74) is 1.11. The molecule has 1 saturated heterocycles. The number of carbonyl (C=O) groups excluding carboxylic acids is 1. The van der Waals surface area contributed by atoms with Gasteiger partial charge in [0.05, 0.1) is 10.8 Å². The fourth-order valence-corrected chi connectivity index (χ4v) is 3.16. The van der Waals surface area contributed by atoms with Crippen molar-refractivity contribution in [3.05, 3.63) is 35.9 Å². The number of cyclic esters (lactones) is 1. The topological polar surface area (TPSA) is 46.6 Å². The van der Waals surface area contributed by atoms with Crippen LogP contribution in [0.3, 0.4) is 0 Å². The van der Waals surface area contributed by atoms with Crippen molar-refractivity contribution in [2.24, 2.45) is 0 Å². The Bertz CT molecular complexity index is 481. The molecule has 1 heterocycles. The normalized spacial score (nSPS) is 21.3. The maximum Gasteiger partial charge on any atom is 0.422 e. The zero-order chi connectivity index (χ0) is 14.0. The molecule has 1 fully saturated rings. The lowest BCUT2D eigenvalue weighted by Gasteiger charge is -2.27. The molecule has 0 aliphatic carbocycles. The van der Waals surface area contributed by atoms with Gasteiger partial charge >= 0.3 is 6.09 Å². The highest BCUT2D eigenvalue weighted by Crippen LogP contribution is 2.25. The molecule has 0 radical (unpaired) electrons. The van der Waals surface area contributed by atoms with E-state index in [0.29, 0.717) is 13.0 Å². The quantitative estimate of drug-likeness (QED) is 0.855. The summed E-state index contributed by atoms with van der Waals surface area (Å²) >= 11 is 0. The number of amides is 1. The molecule has 0 saturated carbocycles. The zero-order valence-electron chi connectivity index (χ0n) is 11.5. The number of hydrogen-bond acceptors (Lipinski definition) is 3. The van der Waals surface area contributed by atoms with E-state index in [1.807, 2.05) is 51.1 Å². The zero-order valence-corrected chi connectivity index (χ0v) is 12.3. The number of rotatable bonds is 3. The summed E-state index contributed by atoms with van der Waals surface area (Å²) in [5.74, 6) is 0. The van der Waals surface area contributed by atoms with Crippen molar-refractivity contribution in [2.45, 2.75) is 38.0 Å². The lowest BCUT2D eigenvalue weighted by Crippen LogP contribution is -2.43. The van der Waals surface area contributed by atoms with Crippen LogP contribution in [-0.2, 0) is 22.1 Å². The van der Waals surface area contributed by atoms with Crippen LogP contribution in [0, 0.1) is 0 Å². The highest BCUT2D eigenvalue weighted by atomic mass is 32.2. The molecule has 2 atom stereocenters. The third kappa shape index (κ3) is 3.15. The van der Waals surface area contributed by atoms with Crippen LogP contribution in [0.1, 0.15) is 26.3 Å². The van der Waals surface area contributed by atoms with Crippen molar-refractivity contribution in [1.82, 2.24) is 4.31 Å². The monoisotopic (exact) mass is 281 g/mol. The molecule has 5 heteroatoms. The number of benzene rings is 1. The van der Waals surface area contributed by atoms with Gasteiger partial charge in [0.1, 0.15) is 17.6 Å². The molecule has 1 aromatic rings. The van der Waals surface area contributed by atoms with E-state index in [9.17, 15) is 9.00 Å².